The molecule has 146 valence electrons. The topological polar surface area (TPSA) is 113 Å². The van der Waals surface area contributed by atoms with Crippen molar-refractivity contribution in [2.24, 2.45) is 0 Å². The molecule has 1 saturated heterocycles. The Morgan fingerprint density at radius 1 is 0.963 bits per heavy atom. The van der Waals surface area contributed by atoms with Crippen LogP contribution in [0.15, 0.2) is 47.4 Å². The van der Waals surface area contributed by atoms with Crippen LogP contribution in [0.2, 0.25) is 0 Å². The zero-order chi connectivity index (χ0) is 19.8. The van der Waals surface area contributed by atoms with Crippen molar-refractivity contribution in [3.8, 4) is 0 Å². The molecule has 2 aromatic rings. The molecule has 27 heavy (non-hydrogen) atoms. The minimum absolute atomic E-state index is 0.130. The van der Waals surface area contributed by atoms with E-state index in [2.05, 4.69) is 10.0 Å². The van der Waals surface area contributed by atoms with Crippen LogP contribution in [-0.4, -0.2) is 45.6 Å². The maximum Gasteiger partial charge on any atom is 0.261 e. The zero-order valence-electron chi connectivity index (χ0n) is 15.0. The molecule has 0 aliphatic carbocycles. The number of aliphatic hydroxyl groups is 1. The predicted octanol–water partition coefficient (Wildman–Crippen LogP) is 1.67. The van der Waals surface area contributed by atoms with Gasteiger partial charge in [-0.25, -0.2) is 16.8 Å². The van der Waals surface area contributed by atoms with E-state index in [1.807, 2.05) is 13.8 Å². The Morgan fingerprint density at radius 3 is 2.15 bits per heavy atom. The quantitative estimate of drug-likeness (QED) is 0.691. The van der Waals surface area contributed by atoms with Crippen LogP contribution in [0.3, 0.4) is 0 Å². The second-order valence-electron chi connectivity index (χ2n) is 6.82. The number of hydrogen-bond donors (Lipinski definition) is 3. The van der Waals surface area contributed by atoms with Gasteiger partial charge in [0.1, 0.15) is 0 Å². The smallest absolute Gasteiger partial charge is 0.261 e. The van der Waals surface area contributed by atoms with Crippen LogP contribution >= 0.6 is 0 Å². The van der Waals surface area contributed by atoms with Crippen molar-refractivity contribution >= 4 is 31.2 Å². The van der Waals surface area contributed by atoms with Gasteiger partial charge in [0.2, 0.25) is 0 Å². The van der Waals surface area contributed by atoms with E-state index < -0.39 is 32.0 Å². The molecule has 1 fully saturated rings. The standard InChI is InChI=1S/C18H22N2O5S2/c1-12-3-8-16(9-13(12)2)27(24,25)20-15-6-4-14(5-7-15)19-17-10-26(22,23)11-18(17)21/h3-9,17-21H,10-11H2,1-2H3/t17-,18+/m1/s1. The summed E-state index contributed by atoms with van der Waals surface area (Å²) in [5, 5.41) is 12.8. The molecule has 0 radical (unpaired) electrons. The Balaban J connectivity index is 1.71. The van der Waals surface area contributed by atoms with Gasteiger partial charge in [-0.2, -0.15) is 0 Å². The van der Waals surface area contributed by atoms with E-state index in [4.69, 9.17) is 0 Å². The van der Waals surface area contributed by atoms with Crippen molar-refractivity contribution in [2.45, 2.75) is 30.9 Å². The predicted molar refractivity (Wildman–Crippen MR) is 105 cm³/mol. The Morgan fingerprint density at radius 2 is 1.59 bits per heavy atom. The average molecular weight is 411 g/mol. The Labute approximate surface area is 159 Å². The van der Waals surface area contributed by atoms with Gasteiger partial charge in [0.05, 0.1) is 28.5 Å². The van der Waals surface area contributed by atoms with E-state index >= 15 is 0 Å². The summed E-state index contributed by atoms with van der Waals surface area (Å²) in [4.78, 5) is 0.187. The number of rotatable bonds is 5. The molecule has 1 heterocycles. The summed E-state index contributed by atoms with van der Waals surface area (Å²) in [6, 6.07) is 10.8. The molecule has 9 heteroatoms. The molecule has 0 bridgehead atoms. The lowest BCUT2D eigenvalue weighted by molar-refractivity contribution is 0.190. The van der Waals surface area contributed by atoms with Crippen molar-refractivity contribution in [3.05, 3.63) is 53.6 Å². The SMILES string of the molecule is Cc1ccc(S(=O)(=O)Nc2ccc(N[C@@H]3CS(=O)(=O)C[C@@H]3O)cc2)cc1C. The summed E-state index contributed by atoms with van der Waals surface area (Å²) in [7, 11) is -6.94. The van der Waals surface area contributed by atoms with Crippen molar-refractivity contribution in [3.63, 3.8) is 0 Å². The Kier molecular flexibility index (Phi) is 5.20. The molecule has 0 amide bonds. The van der Waals surface area contributed by atoms with Gasteiger partial charge in [-0.3, -0.25) is 4.72 Å². The molecule has 7 nitrogen and oxygen atoms in total. The lowest BCUT2D eigenvalue weighted by Gasteiger charge is -2.17. The molecular formula is C18H22N2O5S2. The fourth-order valence-electron chi connectivity index (χ4n) is 2.91. The second-order valence-corrected chi connectivity index (χ2v) is 10.7. The third-order valence-electron chi connectivity index (χ3n) is 4.60. The summed E-state index contributed by atoms with van der Waals surface area (Å²) in [6.07, 6.45) is -0.960. The first-order chi connectivity index (χ1) is 12.6. The van der Waals surface area contributed by atoms with E-state index in [9.17, 15) is 21.9 Å². The number of anilines is 2. The maximum atomic E-state index is 12.5. The highest BCUT2D eigenvalue weighted by atomic mass is 32.2. The number of benzene rings is 2. The molecule has 0 saturated carbocycles. The monoisotopic (exact) mass is 410 g/mol. The van der Waals surface area contributed by atoms with Crippen LogP contribution in [0.5, 0.6) is 0 Å². The third-order valence-corrected chi connectivity index (χ3v) is 7.70. The molecule has 1 aliphatic rings. The number of sulfonamides is 1. The second kappa shape index (κ2) is 7.14. The first-order valence-electron chi connectivity index (χ1n) is 8.41. The number of hydrogen-bond acceptors (Lipinski definition) is 6. The van der Waals surface area contributed by atoms with E-state index in [-0.39, 0.29) is 16.4 Å². The fourth-order valence-corrected chi connectivity index (χ4v) is 5.80. The van der Waals surface area contributed by atoms with Gasteiger partial charge in [0.15, 0.2) is 9.84 Å². The van der Waals surface area contributed by atoms with Gasteiger partial charge < -0.3 is 10.4 Å². The molecule has 3 rings (SSSR count). The Bertz CT molecular complexity index is 1050. The van der Waals surface area contributed by atoms with Crippen LogP contribution in [0.1, 0.15) is 11.1 Å². The summed E-state index contributed by atoms with van der Waals surface area (Å²) in [5.41, 5.74) is 2.90. The largest absolute Gasteiger partial charge is 0.390 e. The van der Waals surface area contributed by atoms with Gasteiger partial charge >= 0.3 is 0 Å². The maximum absolute atomic E-state index is 12.5. The van der Waals surface area contributed by atoms with Gasteiger partial charge in [-0.05, 0) is 61.4 Å². The molecule has 0 spiro atoms. The van der Waals surface area contributed by atoms with Crippen molar-refractivity contribution in [2.75, 3.05) is 21.5 Å². The molecule has 2 atom stereocenters. The lowest BCUT2D eigenvalue weighted by atomic mass is 10.1. The minimum atomic E-state index is -3.70. The molecule has 2 aromatic carbocycles. The van der Waals surface area contributed by atoms with Crippen molar-refractivity contribution in [1.29, 1.82) is 0 Å². The third kappa shape index (κ3) is 4.60. The van der Waals surface area contributed by atoms with Crippen LogP contribution in [0, 0.1) is 13.8 Å². The zero-order valence-corrected chi connectivity index (χ0v) is 16.6. The van der Waals surface area contributed by atoms with Gasteiger partial charge in [-0.1, -0.05) is 6.07 Å². The molecule has 3 N–H and O–H groups in total. The fraction of sp³-hybridized carbons (Fsp3) is 0.333. The van der Waals surface area contributed by atoms with Crippen LogP contribution in [0.25, 0.3) is 0 Å². The highest BCUT2D eigenvalue weighted by Crippen LogP contribution is 2.22. The number of sulfone groups is 1. The summed E-state index contributed by atoms with van der Waals surface area (Å²) in [5.74, 6) is -0.381. The summed E-state index contributed by atoms with van der Waals surface area (Å²) >= 11 is 0. The molecule has 1 aliphatic heterocycles. The Hall–Kier alpha value is -2.10. The summed E-state index contributed by atoms with van der Waals surface area (Å²) < 4.78 is 50.7. The van der Waals surface area contributed by atoms with E-state index in [1.165, 1.54) is 0 Å². The highest BCUT2D eigenvalue weighted by molar-refractivity contribution is 7.92. The molecule has 0 unspecified atom stereocenters. The first-order valence-corrected chi connectivity index (χ1v) is 11.7. The molecular weight excluding hydrogens is 388 g/mol. The normalized spacial score (nSPS) is 21.7. The van der Waals surface area contributed by atoms with Gasteiger partial charge in [0.25, 0.3) is 10.0 Å². The highest BCUT2D eigenvalue weighted by Gasteiger charge is 2.36. The number of aryl methyl sites for hydroxylation is 2. The average Bonchev–Trinajstić information content (AvgIpc) is 2.83. The summed E-state index contributed by atoms with van der Waals surface area (Å²) in [6.45, 7) is 3.77. The van der Waals surface area contributed by atoms with Crippen LogP contribution < -0.4 is 10.0 Å². The lowest BCUT2D eigenvalue weighted by Crippen LogP contribution is -2.31. The first kappa shape index (κ1) is 19.7. The van der Waals surface area contributed by atoms with E-state index in [0.717, 1.165) is 11.1 Å². The van der Waals surface area contributed by atoms with E-state index in [0.29, 0.717) is 11.4 Å². The minimum Gasteiger partial charge on any atom is -0.390 e. The van der Waals surface area contributed by atoms with Crippen LogP contribution in [0.4, 0.5) is 11.4 Å². The molecule has 0 aromatic heterocycles. The van der Waals surface area contributed by atoms with Crippen LogP contribution in [-0.2, 0) is 19.9 Å². The van der Waals surface area contributed by atoms with Gasteiger partial charge in [0, 0.05) is 11.4 Å². The van der Waals surface area contributed by atoms with Crippen molar-refractivity contribution in [1.82, 2.24) is 0 Å². The van der Waals surface area contributed by atoms with Crippen molar-refractivity contribution < 1.29 is 21.9 Å². The number of nitrogens with one attached hydrogen (secondary N) is 2. The number of aliphatic hydroxyl groups excluding tert-OH is 1. The van der Waals surface area contributed by atoms with Gasteiger partial charge in [-0.15, -0.1) is 0 Å². The van der Waals surface area contributed by atoms with E-state index in [1.54, 1.807) is 42.5 Å².